The molecule has 0 nitrogen and oxygen atoms in total. The Bertz CT molecular complexity index is 1580. The predicted octanol–water partition coefficient (Wildman–Crippen LogP) is 10.0. The van der Waals surface area contributed by atoms with Crippen LogP contribution in [0.1, 0.15) is 0 Å². The average Bonchev–Trinajstić information content (AvgIpc) is 2.98. The van der Waals surface area contributed by atoms with Gasteiger partial charge in [-0.2, -0.15) is 0 Å². The maximum absolute atomic E-state index is 2.34. The van der Waals surface area contributed by atoms with E-state index >= 15 is 0 Å². The first kappa shape index (κ1) is 21.8. The van der Waals surface area contributed by atoms with Crippen LogP contribution in [0.15, 0.2) is 158 Å². The molecule has 0 heterocycles. The Hall–Kier alpha value is -4.68. The van der Waals surface area contributed by atoms with Crippen LogP contribution in [-0.4, -0.2) is 0 Å². The van der Waals surface area contributed by atoms with E-state index in [0.29, 0.717) is 0 Å². The van der Waals surface area contributed by atoms with Gasteiger partial charge in [0.2, 0.25) is 0 Å². The first-order chi connectivity index (χ1) is 17.9. The number of hydrogen-bond donors (Lipinski definition) is 0. The van der Waals surface area contributed by atoms with Crippen molar-refractivity contribution in [1.82, 2.24) is 0 Å². The van der Waals surface area contributed by atoms with Crippen LogP contribution in [0.3, 0.4) is 0 Å². The van der Waals surface area contributed by atoms with Gasteiger partial charge in [-0.15, -0.1) is 0 Å². The van der Waals surface area contributed by atoms with E-state index in [1.807, 2.05) is 0 Å². The second kappa shape index (κ2) is 9.90. The number of hydrogen-bond acceptors (Lipinski definition) is 0. The highest BCUT2D eigenvalue weighted by Gasteiger charge is 2.14. The Labute approximate surface area is 213 Å². The first-order valence-electron chi connectivity index (χ1n) is 12.4. The molecule has 0 bridgehead atoms. The lowest BCUT2D eigenvalue weighted by Gasteiger charge is -2.16. The standard InChI is InChI=1S/C36H26/c1-4-12-27(13-5-1)28-20-22-29(23-21-28)32-24-25-35(36(26-32)31-16-8-3-9-17-31)34-19-11-10-18-33(34)30-14-6-2-7-15-30/h1-26H. The van der Waals surface area contributed by atoms with Gasteiger partial charge in [-0.25, -0.2) is 0 Å². The zero-order valence-electron chi connectivity index (χ0n) is 20.0. The highest BCUT2D eigenvalue weighted by atomic mass is 14.2. The molecule has 0 unspecified atom stereocenters. The summed E-state index contributed by atoms with van der Waals surface area (Å²) in [4.78, 5) is 0. The fourth-order valence-corrected chi connectivity index (χ4v) is 4.89. The smallest absolute Gasteiger partial charge is 0.00987 e. The molecule has 0 N–H and O–H groups in total. The van der Waals surface area contributed by atoms with Crippen molar-refractivity contribution in [2.75, 3.05) is 0 Å². The van der Waals surface area contributed by atoms with Crippen LogP contribution < -0.4 is 0 Å². The topological polar surface area (TPSA) is 0 Å². The lowest BCUT2D eigenvalue weighted by molar-refractivity contribution is 1.55. The minimum Gasteiger partial charge on any atom is -0.0622 e. The van der Waals surface area contributed by atoms with Crippen LogP contribution in [-0.2, 0) is 0 Å². The molecule has 0 fully saturated rings. The van der Waals surface area contributed by atoms with Crippen LogP contribution in [0.2, 0.25) is 0 Å². The van der Waals surface area contributed by atoms with Gasteiger partial charge in [0.05, 0.1) is 0 Å². The van der Waals surface area contributed by atoms with Crippen LogP contribution in [0, 0.1) is 0 Å². The third-order valence-corrected chi connectivity index (χ3v) is 6.73. The molecule has 170 valence electrons. The van der Waals surface area contributed by atoms with E-state index in [0.717, 1.165) is 0 Å². The van der Waals surface area contributed by atoms with Crippen molar-refractivity contribution in [2.45, 2.75) is 0 Å². The third kappa shape index (κ3) is 4.37. The fraction of sp³-hybridized carbons (Fsp3) is 0. The van der Waals surface area contributed by atoms with Gasteiger partial charge in [-0.05, 0) is 61.7 Å². The molecule has 0 heteroatoms. The lowest BCUT2D eigenvalue weighted by Crippen LogP contribution is -1.90. The zero-order valence-corrected chi connectivity index (χ0v) is 20.0. The summed E-state index contributed by atoms with van der Waals surface area (Å²) in [6.45, 7) is 0. The maximum Gasteiger partial charge on any atom is -0.00987 e. The normalized spacial score (nSPS) is 10.8. The van der Waals surface area contributed by atoms with Crippen LogP contribution >= 0.6 is 0 Å². The van der Waals surface area contributed by atoms with E-state index in [1.165, 1.54) is 55.6 Å². The van der Waals surface area contributed by atoms with Gasteiger partial charge in [0.25, 0.3) is 0 Å². The molecular formula is C36H26. The summed E-state index contributed by atoms with van der Waals surface area (Å²) in [7, 11) is 0. The quantitative estimate of drug-likeness (QED) is 0.241. The van der Waals surface area contributed by atoms with E-state index in [-0.39, 0.29) is 0 Å². The molecule has 0 aliphatic heterocycles. The molecule has 0 saturated carbocycles. The molecule has 0 aromatic heterocycles. The molecular weight excluding hydrogens is 432 g/mol. The van der Waals surface area contributed by atoms with Gasteiger partial charge in [0.15, 0.2) is 0 Å². The molecule has 0 amide bonds. The number of rotatable bonds is 5. The first-order valence-corrected chi connectivity index (χ1v) is 12.4. The summed E-state index contributed by atoms with van der Waals surface area (Å²) < 4.78 is 0. The second-order valence-electron chi connectivity index (χ2n) is 8.98. The monoisotopic (exact) mass is 458 g/mol. The van der Waals surface area contributed by atoms with Crippen molar-refractivity contribution in [2.24, 2.45) is 0 Å². The Kier molecular flexibility index (Phi) is 6.00. The molecule has 0 aliphatic rings. The molecule has 6 aromatic rings. The van der Waals surface area contributed by atoms with Gasteiger partial charge in [0.1, 0.15) is 0 Å². The van der Waals surface area contributed by atoms with E-state index in [1.54, 1.807) is 0 Å². The van der Waals surface area contributed by atoms with Gasteiger partial charge >= 0.3 is 0 Å². The molecule has 0 atom stereocenters. The summed E-state index contributed by atoms with van der Waals surface area (Å²) >= 11 is 0. The summed E-state index contributed by atoms with van der Waals surface area (Å²) in [5.74, 6) is 0. The highest BCUT2D eigenvalue weighted by molar-refractivity contribution is 5.93. The van der Waals surface area contributed by atoms with Crippen LogP contribution in [0.5, 0.6) is 0 Å². The second-order valence-corrected chi connectivity index (χ2v) is 8.98. The fourth-order valence-electron chi connectivity index (χ4n) is 4.89. The Balaban J connectivity index is 1.47. The van der Waals surface area contributed by atoms with Gasteiger partial charge in [-0.1, -0.05) is 152 Å². The summed E-state index contributed by atoms with van der Waals surface area (Å²) in [6, 6.07) is 56.3. The van der Waals surface area contributed by atoms with E-state index < -0.39 is 0 Å². The maximum atomic E-state index is 2.34. The number of benzene rings is 6. The van der Waals surface area contributed by atoms with E-state index in [4.69, 9.17) is 0 Å². The van der Waals surface area contributed by atoms with Gasteiger partial charge in [-0.3, -0.25) is 0 Å². The van der Waals surface area contributed by atoms with Crippen molar-refractivity contribution in [1.29, 1.82) is 0 Å². The van der Waals surface area contributed by atoms with Crippen LogP contribution in [0.25, 0.3) is 55.6 Å². The SMILES string of the molecule is c1ccc(-c2ccc(-c3ccc(-c4ccccc4-c4ccccc4)c(-c4ccccc4)c3)cc2)cc1. The Morgan fingerprint density at radius 1 is 0.194 bits per heavy atom. The molecule has 0 spiro atoms. The van der Waals surface area contributed by atoms with E-state index in [2.05, 4.69) is 158 Å². The minimum absolute atomic E-state index is 1.22. The molecule has 36 heavy (non-hydrogen) atoms. The Morgan fingerprint density at radius 2 is 0.556 bits per heavy atom. The largest absolute Gasteiger partial charge is 0.0622 e. The van der Waals surface area contributed by atoms with Crippen molar-refractivity contribution in [3.8, 4) is 55.6 Å². The summed E-state index contributed by atoms with van der Waals surface area (Å²) in [5, 5.41) is 0. The zero-order chi connectivity index (χ0) is 24.2. The van der Waals surface area contributed by atoms with E-state index in [9.17, 15) is 0 Å². The van der Waals surface area contributed by atoms with Crippen molar-refractivity contribution in [3.05, 3.63) is 158 Å². The average molecular weight is 459 g/mol. The summed E-state index contributed by atoms with van der Waals surface area (Å²) in [5.41, 5.74) is 12.3. The van der Waals surface area contributed by atoms with Crippen molar-refractivity contribution < 1.29 is 0 Å². The minimum atomic E-state index is 1.22. The molecule has 6 aromatic carbocycles. The van der Waals surface area contributed by atoms with Crippen molar-refractivity contribution >= 4 is 0 Å². The summed E-state index contributed by atoms with van der Waals surface area (Å²) in [6.07, 6.45) is 0. The van der Waals surface area contributed by atoms with Crippen LogP contribution in [0.4, 0.5) is 0 Å². The lowest BCUT2D eigenvalue weighted by atomic mass is 9.87. The predicted molar refractivity (Wildman–Crippen MR) is 154 cm³/mol. The van der Waals surface area contributed by atoms with Gasteiger partial charge in [0, 0.05) is 0 Å². The molecule has 6 rings (SSSR count). The highest BCUT2D eigenvalue weighted by Crippen LogP contribution is 2.40. The Morgan fingerprint density at radius 3 is 1.14 bits per heavy atom. The molecule has 0 saturated heterocycles. The van der Waals surface area contributed by atoms with Gasteiger partial charge < -0.3 is 0 Å². The third-order valence-electron chi connectivity index (χ3n) is 6.73. The molecule has 0 aliphatic carbocycles. The van der Waals surface area contributed by atoms with Crippen molar-refractivity contribution in [3.63, 3.8) is 0 Å². The molecule has 0 radical (unpaired) electrons.